The molecule has 0 fully saturated rings. The van der Waals surface area contributed by atoms with Crippen LogP contribution in [-0.4, -0.2) is 22.9 Å². The summed E-state index contributed by atoms with van der Waals surface area (Å²) in [6, 6.07) is 15.8. The molecule has 1 amide bonds. The summed E-state index contributed by atoms with van der Waals surface area (Å²) in [5.74, 6) is -0.0693. The quantitative estimate of drug-likeness (QED) is 0.526. The minimum absolute atomic E-state index is 0.0693. The van der Waals surface area contributed by atoms with Crippen LogP contribution in [0.5, 0.6) is 0 Å². The molecular formula is C20H17N3OS. The maximum absolute atomic E-state index is 13.2. The summed E-state index contributed by atoms with van der Waals surface area (Å²) < 4.78 is 1.07. The number of pyridine rings is 1. The summed E-state index contributed by atoms with van der Waals surface area (Å²) in [5, 5.41) is 1.57. The minimum atomic E-state index is -0.0693. The molecule has 0 radical (unpaired) electrons. The monoisotopic (exact) mass is 347 g/mol. The van der Waals surface area contributed by atoms with E-state index in [1.54, 1.807) is 11.9 Å². The van der Waals surface area contributed by atoms with Gasteiger partial charge in [-0.15, -0.1) is 0 Å². The molecule has 4 rings (SSSR count). The molecule has 0 aliphatic heterocycles. The van der Waals surface area contributed by atoms with Crippen molar-refractivity contribution in [2.45, 2.75) is 13.8 Å². The molecule has 4 aromatic rings. The molecule has 0 N–H and O–H groups in total. The van der Waals surface area contributed by atoms with E-state index in [9.17, 15) is 4.79 Å². The first kappa shape index (κ1) is 15.7. The highest BCUT2D eigenvalue weighted by Gasteiger charge is 2.20. The number of rotatable bonds is 2. The number of carbonyl (C=O) groups excluding carboxylic acids is 1. The van der Waals surface area contributed by atoms with Gasteiger partial charge in [-0.25, -0.2) is 4.98 Å². The third-order valence-electron chi connectivity index (χ3n) is 4.20. The van der Waals surface area contributed by atoms with Crippen molar-refractivity contribution in [3.8, 4) is 0 Å². The van der Waals surface area contributed by atoms with Gasteiger partial charge in [0.15, 0.2) is 5.13 Å². The van der Waals surface area contributed by atoms with Gasteiger partial charge in [0.05, 0.1) is 21.3 Å². The molecule has 0 unspecified atom stereocenters. The number of thiazole rings is 1. The maximum atomic E-state index is 13.2. The van der Waals surface area contributed by atoms with Gasteiger partial charge in [-0.3, -0.25) is 14.7 Å². The summed E-state index contributed by atoms with van der Waals surface area (Å²) in [4.78, 5) is 23.9. The molecule has 0 bridgehead atoms. The number of fused-ring (bicyclic) bond motifs is 2. The number of hydrogen-bond donors (Lipinski definition) is 0. The summed E-state index contributed by atoms with van der Waals surface area (Å²) in [5.41, 5.74) is 4.35. The zero-order chi connectivity index (χ0) is 17.6. The van der Waals surface area contributed by atoms with Gasteiger partial charge >= 0.3 is 0 Å². The standard InChI is InChI=1S/C20H17N3OS/c1-12-8-9-16-14(10-12)15(11-13(2)21-16)19(24)23(3)20-22-17-6-4-5-7-18(17)25-20/h4-11H,1-3H3. The molecule has 25 heavy (non-hydrogen) atoms. The van der Waals surface area contributed by atoms with Crippen molar-refractivity contribution in [1.29, 1.82) is 0 Å². The SMILES string of the molecule is Cc1ccc2nc(C)cc(C(=O)N(C)c3nc4ccccc4s3)c2c1. The molecule has 5 heteroatoms. The number of amides is 1. The molecule has 0 saturated heterocycles. The third kappa shape index (κ3) is 2.76. The molecule has 0 spiro atoms. The molecular weight excluding hydrogens is 330 g/mol. The second kappa shape index (κ2) is 5.93. The highest BCUT2D eigenvalue weighted by molar-refractivity contribution is 7.22. The fourth-order valence-electron chi connectivity index (χ4n) is 2.92. The lowest BCUT2D eigenvalue weighted by molar-refractivity contribution is 0.0994. The van der Waals surface area contributed by atoms with Crippen LogP contribution < -0.4 is 4.90 Å². The lowest BCUT2D eigenvalue weighted by atomic mass is 10.0. The van der Waals surface area contributed by atoms with Gasteiger partial charge < -0.3 is 0 Å². The van der Waals surface area contributed by atoms with E-state index in [1.807, 2.05) is 62.4 Å². The van der Waals surface area contributed by atoms with Crippen molar-refractivity contribution in [1.82, 2.24) is 9.97 Å². The second-order valence-corrected chi connectivity index (χ2v) is 7.17. The Kier molecular flexibility index (Phi) is 3.73. The average Bonchev–Trinajstić information content (AvgIpc) is 3.04. The molecule has 2 aromatic heterocycles. The number of anilines is 1. The zero-order valence-electron chi connectivity index (χ0n) is 14.3. The van der Waals surface area contributed by atoms with Crippen LogP contribution in [0.15, 0.2) is 48.5 Å². The van der Waals surface area contributed by atoms with E-state index >= 15 is 0 Å². The van der Waals surface area contributed by atoms with Gasteiger partial charge in [-0.2, -0.15) is 0 Å². The van der Waals surface area contributed by atoms with Crippen molar-refractivity contribution >= 4 is 43.5 Å². The first-order chi connectivity index (χ1) is 12.0. The van der Waals surface area contributed by atoms with Gasteiger partial charge in [0, 0.05) is 18.1 Å². The van der Waals surface area contributed by atoms with Gasteiger partial charge in [0.1, 0.15) is 0 Å². The van der Waals surface area contributed by atoms with E-state index in [4.69, 9.17) is 0 Å². The molecule has 0 saturated carbocycles. The Labute approximate surface area is 149 Å². The fraction of sp³-hybridized carbons (Fsp3) is 0.150. The first-order valence-corrected chi connectivity index (χ1v) is 8.86. The van der Waals surface area contributed by atoms with Gasteiger partial charge in [0.25, 0.3) is 5.91 Å². The Morgan fingerprint density at radius 2 is 1.80 bits per heavy atom. The van der Waals surface area contributed by atoms with E-state index in [-0.39, 0.29) is 5.91 Å². The van der Waals surface area contributed by atoms with Crippen LogP contribution in [0.1, 0.15) is 21.6 Å². The summed E-state index contributed by atoms with van der Waals surface area (Å²) >= 11 is 1.52. The zero-order valence-corrected chi connectivity index (χ0v) is 15.1. The molecule has 0 aliphatic carbocycles. The number of benzene rings is 2. The van der Waals surface area contributed by atoms with Crippen LogP contribution in [0.3, 0.4) is 0 Å². The third-order valence-corrected chi connectivity index (χ3v) is 5.31. The number of aromatic nitrogens is 2. The normalized spacial score (nSPS) is 11.2. The number of aryl methyl sites for hydroxylation is 2. The average molecular weight is 347 g/mol. The summed E-state index contributed by atoms with van der Waals surface area (Å²) in [7, 11) is 1.78. The van der Waals surface area contributed by atoms with Gasteiger partial charge in [0.2, 0.25) is 0 Å². The second-order valence-electron chi connectivity index (χ2n) is 6.16. The van der Waals surface area contributed by atoms with Crippen LogP contribution in [0.4, 0.5) is 5.13 Å². The van der Waals surface area contributed by atoms with E-state index < -0.39 is 0 Å². The Bertz CT molecular complexity index is 1080. The smallest absolute Gasteiger partial charge is 0.260 e. The molecule has 2 heterocycles. The predicted octanol–water partition coefficient (Wildman–Crippen LogP) is 4.74. The summed E-state index contributed by atoms with van der Waals surface area (Å²) in [6.45, 7) is 3.93. The topological polar surface area (TPSA) is 46.1 Å². The summed E-state index contributed by atoms with van der Waals surface area (Å²) in [6.07, 6.45) is 0. The maximum Gasteiger partial charge on any atom is 0.260 e. The Balaban J connectivity index is 1.82. The Morgan fingerprint density at radius 1 is 1.00 bits per heavy atom. The van der Waals surface area contributed by atoms with Crippen molar-refractivity contribution in [3.63, 3.8) is 0 Å². The molecule has 124 valence electrons. The highest BCUT2D eigenvalue weighted by Crippen LogP contribution is 2.30. The Hall–Kier alpha value is -2.79. The van der Waals surface area contributed by atoms with Crippen LogP contribution in [0.2, 0.25) is 0 Å². The van der Waals surface area contributed by atoms with Crippen LogP contribution in [0.25, 0.3) is 21.1 Å². The van der Waals surface area contributed by atoms with Gasteiger partial charge in [-0.1, -0.05) is 35.1 Å². The van der Waals surface area contributed by atoms with Crippen molar-refractivity contribution in [2.75, 3.05) is 11.9 Å². The lowest BCUT2D eigenvalue weighted by Gasteiger charge is -2.16. The number of carbonyl (C=O) groups is 1. The highest BCUT2D eigenvalue weighted by atomic mass is 32.1. The number of nitrogens with zero attached hydrogens (tertiary/aromatic N) is 3. The molecule has 0 atom stereocenters. The first-order valence-electron chi connectivity index (χ1n) is 8.04. The van der Waals surface area contributed by atoms with Crippen molar-refractivity contribution < 1.29 is 4.79 Å². The minimum Gasteiger partial charge on any atom is -0.287 e. The van der Waals surface area contributed by atoms with Crippen molar-refractivity contribution in [3.05, 3.63) is 65.4 Å². The fourth-order valence-corrected chi connectivity index (χ4v) is 3.85. The van der Waals surface area contributed by atoms with Crippen LogP contribution >= 0.6 is 11.3 Å². The van der Waals surface area contributed by atoms with E-state index in [0.29, 0.717) is 10.7 Å². The van der Waals surface area contributed by atoms with E-state index in [2.05, 4.69) is 9.97 Å². The van der Waals surface area contributed by atoms with Crippen LogP contribution in [-0.2, 0) is 0 Å². The van der Waals surface area contributed by atoms with Crippen LogP contribution in [0, 0.1) is 13.8 Å². The van der Waals surface area contributed by atoms with Gasteiger partial charge in [-0.05, 0) is 44.2 Å². The largest absolute Gasteiger partial charge is 0.287 e. The number of hydrogen-bond acceptors (Lipinski definition) is 4. The lowest BCUT2D eigenvalue weighted by Crippen LogP contribution is -2.26. The molecule has 0 aliphatic rings. The van der Waals surface area contributed by atoms with E-state index in [0.717, 1.165) is 32.4 Å². The Morgan fingerprint density at radius 3 is 2.60 bits per heavy atom. The van der Waals surface area contributed by atoms with Crippen molar-refractivity contribution in [2.24, 2.45) is 0 Å². The predicted molar refractivity (Wildman–Crippen MR) is 104 cm³/mol. The van der Waals surface area contributed by atoms with E-state index in [1.165, 1.54) is 11.3 Å². The number of para-hydroxylation sites is 1. The molecule has 2 aromatic carbocycles. The molecule has 4 nitrogen and oxygen atoms in total.